The van der Waals surface area contributed by atoms with Crippen LogP contribution in [0, 0.1) is 6.92 Å². The summed E-state index contributed by atoms with van der Waals surface area (Å²) in [5, 5.41) is 7.68. The number of nitrogens with zero attached hydrogens (tertiary/aromatic N) is 5. The molecular weight excluding hydrogens is 442 g/mol. The van der Waals surface area contributed by atoms with Crippen molar-refractivity contribution in [3.8, 4) is 5.82 Å². The maximum atomic E-state index is 12.5. The molecule has 1 atom stereocenters. The maximum absolute atomic E-state index is 12.5. The number of aromatic amines is 1. The average molecular weight is 456 g/mol. The lowest BCUT2D eigenvalue weighted by atomic mass is 10.0. The normalized spacial score (nSPS) is 16.6. The Morgan fingerprint density at radius 3 is 2.96 bits per heavy atom. The predicted octanol–water partition coefficient (Wildman–Crippen LogP) is 3.38. The lowest BCUT2D eigenvalue weighted by molar-refractivity contribution is -0.113. The van der Waals surface area contributed by atoms with Crippen molar-refractivity contribution in [3.63, 3.8) is 0 Å². The third kappa shape index (κ3) is 2.71. The summed E-state index contributed by atoms with van der Waals surface area (Å²) in [7, 11) is 0. The van der Waals surface area contributed by atoms with E-state index < -0.39 is 0 Å². The van der Waals surface area contributed by atoms with Crippen LogP contribution >= 0.6 is 27.7 Å². The van der Waals surface area contributed by atoms with Gasteiger partial charge in [-0.25, -0.2) is 15.0 Å². The quantitative estimate of drug-likeness (QED) is 0.480. The molecule has 0 bridgehead atoms. The lowest BCUT2D eigenvalue weighted by Gasteiger charge is -2.16. The van der Waals surface area contributed by atoms with E-state index in [1.807, 2.05) is 25.1 Å². The fourth-order valence-corrected chi connectivity index (χ4v) is 5.27. The van der Waals surface area contributed by atoms with Gasteiger partial charge in [0.1, 0.15) is 17.7 Å². The number of aryl methyl sites for hydroxylation is 1. The third-order valence-electron chi connectivity index (χ3n) is 4.60. The molecule has 3 aromatic heterocycles. The highest BCUT2D eigenvalue weighted by Gasteiger charge is 2.32. The van der Waals surface area contributed by atoms with Gasteiger partial charge in [-0.05, 0) is 18.6 Å². The maximum Gasteiger partial charge on any atom is 0.235 e. The molecule has 1 amide bonds. The first-order valence-corrected chi connectivity index (χ1v) is 10.4. The summed E-state index contributed by atoms with van der Waals surface area (Å²) in [5.41, 5.74) is 4.10. The number of aromatic nitrogens is 6. The molecule has 1 aliphatic rings. The number of hydrogen-bond donors (Lipinski definition) is 2. The standard InChI is InChI=1S/C18H14BrN7OS/c1-9-13-15(10-4-2-3-5-11(10)19)28-6-12(27)24-17(13)26(25-9)18-14-16(21-7-20-14)22-8-23-18/h2-5,7-8,15H,6H2,1H3,(H,24,27)(H,20,21,22,23)/t15-/m1/s1. The third-order valence-corrected chi connectivity index (χ3v) is 6.57. The molecule has 0 aliphatic carbocycles. The number of carbonyl (C=O) groups excluding carboxylic acids is 1. The van der Waals surface area contributed by atoms with Crippen molar-refractivity contribution in [3.05, 3.63) is 58.2 Å². The largest absolute Gasteiger partial charge is 0.340 e. The minimum atomic E-state index is -0.0723. The molecule has 4 heterocycles. The van der Waals surface area contributed by atoms with E-state index in [9.17, 15) is 4.79 Å². The number of amides is 1. The highest BCUT2D eigenvalue weighted by atomic mass is 79.9. The number of thioether (sulfide) groups is 1. The number of hydrogen-bond acceptors (Lipinski definition) is 6. The Labute approximate surface area is 172 Å². The van der Waals surface area contributed by atoms with Crippen molar-refractivity contribution in [2.75, 3.05) is 11.1 Å². The molecule has 0 unspecified atom stereocenters. The molecule has 0 saturated carbocycles. The predicted molar refractivity (Wildman–Crippen MR) is 111 cm³/mol. The number of rotatable bonds is 2. The zero-order chi connectivity index (χ0) is 19.3. The van der Waals surface area contributed by atoms with Crippen molar-refractivity contribution in [1.29, 1.82) is 0 Å². The number of carbonyl (C=O) groups is 1. The zero-order valence-electron chi connectivity index (χ0n) is 14.7. The number of fused-ring (bicyclic) bond motifs is 2. The minimum absolute atomic E-state index is 0.0441. The van der Waals surface area contributed by atoms with Crippen LogP contribution in [0.5, 0.6) is 0 Å². The van der Waals surface area contributed by atoms with Gasteiger partial charge in [-0.2, -0.15) is 9.78 Å². The molecule has 28 heavy (non-hydrogen) atoms. The molecule has 0 saturated heterocycles. The van der Waals surface area contributed by atoms with E-state index in [-0.39, 0.29) is 11.2 Å². The second-order valence-corrected chi connectivity index (χ2v) is 8.27. The summed E-state index contributed by atoms with van der Waals surface area (Å²) in [6, 6.07) is 8.05. The fraction of sp³-hybridized carbons (Fsp3) is 0.167. The van der Waals surface area contributed by atoms with E-state index in [0.717, 1.165) is 21.3 Å². The van der Waals surface area contributed by atoms with E-state index in [1.54, 1.807) is 22.8 Å². The Bertz CT molecular complexity index is 1220. The Morgan fingerprint density at radius 1 is 1.25 bits per heavy atom. The highest BCUT2D eigenvalue weighted by molar-refractivity contribution is 9.10. The SMILES string of the molecule is Cc1nn(-c2ncnc3nc[nH]c23)c2c1[C@@H](c1ccccc1Br)SCC(=O)N2. The van der Waals surface area contributed by atoms with Crippen LogP contribution in [0.3, 0.4) is 0 Å². The van der Waals surface area contributed by atoms with Crippen LogP contribution in [0.4, 0.5) is 5.82 Å². The van der Waals surface area contributed by atoms with Crippen LogP contribution < -0.4 is 5.32 Å². The topological polar surface area (TPSA) is 101 Å². The van der Waals surface area contributed by atoms with Gasteiger partial charge in [0.05, 0.1) is 23.0 Å². The average Bonchev–Trinajstić information content (AvgIpc) is 3.24. The van der Waals surface area contributed by atoms with E-state index in [4.69, 9.17) is 5.10 Å². The van der Waals surface area contributed by atoms with E-state index >= 15 is 0 Å². The van der Waals surface area contributed by atoms with Crippen LogP contribution in [0.2, 0.25) is 0 Å². The van der Waals surface area contributed by atoms with Crippen molar-refractivity contribution < 1.29 is 4.79 Å². The first kappa shape index (κ1) is 17.4. The smallest absolute Gasteiger partial charge is 0.235 e. The van der Waals surface area contributed by atoms with E-state index in [1.165, 1.54) is 6.33 Å². The number of nitrogens with one attached hydrogen (secondary N) is 2. The Hall–Kier alpha value is -2.72. The molecule has 1 aromatic carbocycles. The van der Waals surface area contributed by atoms with Gasteiger partial charge in [-0.3, -0.25) is 4.79 Å². The summed E-state index contributed by atoms with van der Waals surface area (Å²) < 4.78 is 2.67. The molecule has 2 N–H and O–H groups in total. The van der Waals surface area contributed by atoms with Crippen molar-refractivity contribution in [2.24, 2.45) is 0 Å². The number of anilines is 1. The molecule has 140 valence electrons. The van der Waals surface area contributed by atoms with Crippen molar-refractivity contribution in [1.82, 2.24) is 29.7 Å². The van der Waals surface area contributed by atoms with Gasteiger partial charge >= 0.3 is 0 Å². The van der Waals surface area contributed by atoms with Gasteiger partial charge < -0.3 is 10.3 Å². The van der Waals surface area contributed by atoms with Crippen molar-refractivity contribution in [2.45, 2.75) is 12.2 Å². The molecule has 4 aromatic rings. The first-order chi connectivity index (χ1) is 13.6. The summed E-state index contributed by atoms with van der Waals surface area (Å²) in [6.45, 7) is 1.95. The number of halogens is 1. The van der Waals surface area contributed by atoms with Gasteiger partial charge in [0.15, 0.2) is 11.5 Å². The molecule has 5 rings (SSSR count). The molecule has 10 heteroatoms. The Balaban J connectivity index is 1.76. The van der Waals surface area contributed by atoms with Crippen LogP contribution in [0.1, 0.15) is 22.1 Å². The molecular formula is C18H14BrN7OS. The van der Waals surface area contributed by atoms with Gasteiger partial charge in [-0.15, -0.1) is 11.8 Å². The minimum Gasteiger partial charge on any atom is -0.340 e. The summed E-state index contributed by atoms with van der Waals surface area (Å²) in [5.74, 6) is 1.45. The second kappa shape index (κ2) is 6.71. The summed E-state index contributed by atoms with van der Waals surface area (Å²) in [4.78, 5) is 28.3. The molecule has 0 spiro atoms. The molecule has 1 aliphatic heterocycles. The van der Waals surface area contributed by atoms with Crippen LogP contribution in [0.25, 0.3) is 17.0 Å². The Morgan fingerprint density at radius 2 is 2.11 bits per heavy atom. The summed E-state index contributed by atoms with van der Waals surface area (Å²) >= 11 is 5.23. The van der Waals surface area contributed by atoms with Crippen LogP contribution in [0.15, 0.2) is 41.4 Å². The first-order valence-electron chi connectivity index (χ1n) is 8.53. The van der Waals surface area contributed by atoms with E-state index in [2.05, 4.69) is 47.2 Å². The van der Waals surface area contributed by atoms with Gasteiger partial charge in [0.2, 0.25) is 5.91 Å². The fourth-order valence-electron chi connectivity index (χ4n) is 3.38. The highest BCUT2D eigenvalue weighted by Crippen LogP contribution is 2.45. The second-order valence-electron chi connectivity index (χ2n) is 6.32. The number of H-pyrrole nitrogens is 1. The van der Waals surface area contributed by atoms with Crippen molar-refractivity contribution >= 4 is 50.6 Å². The Kier molecular flexibility index (Phi) is 4.17. The summed E-state index contributed by atoms with van der Waals surface area (Å²) in [6.07, 6.45) is 3.01. The lowest BCUT2D eigenvalue weighted by Crippen LogP contribution is -2.16. The molecule has 0 radical (unpaired) electrons. The zero-order valence-corrected chi connectivity index (χ0v) is 17.1. The van der Waals surface area contributed by atoms with Crippen LogP contribution in [-0.4, -0.2) is 41.4 Å². The monoisotopic (exact) mass is 455 g/mol. The van der Waals surface area contributed by atoms with Crippen LogP contribution in [-0.2, 0) is 4.79 Å². The number of imidazole rings is 1. The molecule has 8 nitrogen and oxygen atoms in total. The number of benzene rings is 1. The van der Waals surface area contributed by atoms with Gasteiger partial charge in [-0.1, -0.05) is 34.1 Å². The van der Waals surface area contributed by atoms with Gasteiger partial charge in [0, 0.05) is 10.0 Å². The molecule has 0 fully saturated rings. The van der Waals surface area contributed by atoms with E-state index in [0.29, 0.717) is 28.6 Å². The van der Waals surface area contributed by atoms with Gasteiger partial charge in [0.25, 0.3) is 0 Å².